The minimum atomic E-state index is 0.600. The van der Waals surface area contributed by atoms with Gasteiger partial charge in [0.2, 0.25) is 0 Å². The molecule has 0 aliphatic rings. The predicted octanol–water partition coefficient (Wildman–Crippen LogP) is 3.98. The highest BCUT2D eigenvalue weighted by Crippen LogP contribution is 2.34. The lowest BCUT2D eigenvalue weighted by Crippen LogP contribution is -1.89. The summed E-state index contributed by atoms with van der Waals surface area (Å²) in [4.78, 5) is 7.09. The summed E-state index contributed by atoms with van der Waals surface area (Å²) >= 11 is 1.84. The average molecular weight is 205 g/mol. The number of hydrogen-bond donors (Lipinski definition) is 0. The average Bonchev–Trinajstić information content (AvgIpc) is 2.55. The van der Waals surface area contributed by atoms with Gasteiger partial charge in [-0.1, -0.05) is 26.8 Å². The van der Waals surface area contributed by atoms with E-state index < -0.39 is 0 Å². The van der Waals surface area contributed by atoms with Gasteiger partial charge in [-0.05, 0) is 24.0 Å². The molecule has 2 aromatic heterocycles. The molecule has 1 nitrogen and oxygen atoms in total. The molecule has 2 rings (SSSR count). The Kier molecular flexibility index (Phi) is 2.55. The van der Waals surface area contributed by atoms with E-state index in [4.69, 9.17) is 0 Å². The molecule has 0 spiro atoms. The first-order chi connectivity index (χ1) is 6.74. The van der Waals surface area contributed by atoms with E-state index in [1.54, 1.807) is 0 Å². The molecule has 0 aliphatic heterocycles. The summed E-state index contributed by atoms with van der Waals surface area (Å²) in [5.41, 5.74) is 1.50. The predicted molar refractivity (Wildman–Crippen MR) is 63.1 cm³/mol. The van der Waals surface area contributed by atoms with Crippen molar-refractivity contribution in [3.05, 3.63) is 28.8 Å². The maximum absolute atomic E-state index is 4.41. The summed E-state index contributed by atoms with van der Waals surface area (Å²) in [7, 11) is 0. The SMILES string of the molecule is CCc1sc2ncccc2c1C(C)C. The van der Waals surface area contributed by atoms with Crippen LogP contribution in [0.1, 0.15) is 37.1 Å². The summed E-state index contributed by atoms with van der Waals surface area (Å²) in [6.45, 7) is 6.73. The quantitative estimate of drug-likeness (QED) is 0.722. The lowest BCUT2D eigenvalue weighted by molar-refractivity contribution is 0.863. The number of aromatic nitrogens is 1. The zero-order chi connectivity index (χ0) is 10.1. The van der Waals surface area contributed by atoms with Gasteiger partial charge in [0.15, 0.2) is 0 Å². The Morgan fingerprint density at radius 3 is 2.86 bits per heavy atom. The van der Waals surface area contributed by atoms with Crippen LogP contribution in [-0.2, 0) is 6.42 Å². The van der Waals surface area contributed by atoms with E-state index in [2.05, 4.69) is 31.8 Å². The van der Waals surface area contributed by atoms with E-state index in [1.807, 2.05) is 23.6 Å². The van der Waals surface area contributed by atoms with Crippen LogP contribution < -0.4 is 0 Å². The monoisotopic (exact) mass is 205 g/mol. The Labute approximate surface area is 88.8 Å². The van der Waals surface area contributed by atoms with E-state index in [9.17, 15) is 0 Å². The summed E-state index contributed by atoms with van der Waals surface area (Å²) in [5, 5.41) is 1.35. The van der Waals surface area contributed by atoms with Crippen LogP contribution in [0.15, 0.2) is 18.3 Å². The van der Waals surface area contributed by atoms with Crippen molar-refractivity contribution >= 4 is 21.6 Å². The van der Waals surface area contributed by atoms with Crippen molar-refractivity contribution in [2.75, 3.05) is 0 Å². The fourth-order valence-corrected chi connectivity index (χ4v) is 3.13. The van der Waals surface area contributed by atoms with Gasteiger partial charge in [-0.2, -0.15) is 0 Å². The van der Waals surface area contributed by atoms with E-state index in [0.717, 1.165) is 6.42 Å². The molecule has 0 saturated carbocycles. The van der Waals surface area contributed by atoms with Gasteiger partial charge in [-0.25, -0.2) is 4.98 Å². The van der Waals surface area contributed by atoms with Gasteiger partial charge in [0.05, 0.1) is 0 Å². The molecule has 2 aromatic rings. The van der Waals surface area contributed by atoms with E-state index in [0.29, 0.717) is 5.92 Å². The molecular weight excluding hydrogens is 190 g/mol. The minimum absolute atomic E-state index is 0.600. The molecule has 0 radical (unpaired) electrons. The van der Waals surface area contributed by atoms with Crippen LogP contribution in [0, 0.1) is 0 Å². The van der Waals surface area contributed by atoms with Crippen molar-refractivity contribution in [2.45, 2.75) is 33.1 Å². The fourth-order valence-electron chi connectivity index (χ4n) is 1.89. The topological polar surface area (TPSA) is 12.9 Å². The van der Waals surface area contributed by atoms with E-state index >= 15 is 0 Å². The molecule has 0 aromatic carbocycles. The lowest BCUT2D eigenvalue weighted by Gasteiger charge is -2.05. The highest BCUT2D eigenvalue weighted by Gasteiger charge is 2.13. The van der Waals surface area contributed by atoms with Crippen molar-refractivity contribution in [1.29, 1.82) is 0 Å². The van der Waals surface area contributed by atoms with Gasteiger partial charge in [0.25, 0.3) is 0 Å². The summed E-state index contributed by atoms with van der Waals surface area (Å²) in [6, 6.07) is 4.22. The number of aryl methyl sites for hydroxylation is 1. The Balaban J connectivity index is 2.74. The summed E-state index contributed by atoms with van der Waals surface area (Å²) in [5.74, 6) is 0.600. The molecule has 0 atom stereocenters. The molecule has 2 heterocycles. The largest absolute Gasteiger partial charge is 0.245 e. The molecule has 0 fully saturated rings. The molecule has 14 heavy (non-hydrogen) atoms. The van der Waals surface area contributed by atoms with Gasteiger partial charge in [-0.3, -0.25) is 0 Å². The number of hydrogen-bond acceptors (Lipinski definition) is 2. The molecule has 0 aliphatic carbocycles. The van der Waals surface area contributed by atoms with E-state index in [-0.39, 0.29) is 0 Å². The number of thiophene rings is 1. The van der Waals surface area contributed by atoms with Gasteiger partial charge in [0, 0.05) is 16.5 Å². The second kappa shape index (κ2) is 3.70. The molecule has 0 saturated heterocycles. The Bertz CT molecular complexity index is 443. The highest BCUT2D eigenvalue weighted by molar-refractivity contribution is 7.18. The first-order valence-corrected chi connectivity index (χ1v) is 5.92. The third kappa shape index (κ3) is 1.44. The van der Waals surface area contributed by atoms with Crippen molar-refractivity contribution < 1.29 is 0 Å². The maximum Gasteiger partial charge on any atom is 0.123 e. The van der Waals surface area contributed by atoms with Crippen LogP contribution in [0.3, 0.4) is 0 Å². The molecule has 2 heteroatoms. The van der Waals surface area contributed by atoms with Crippen LogP contribution in [0.5, 0.6) is 0 Å². The molecule has 0 bridgehead atoms. The zero-order valence-corrected chi connectivity index (χ0v) is 9.69. The lowest BCUT2D eigenvalue weighted by atomic mass is 10.00. The fraction of sp³-hybridized carbons (Fsp3) is 0.417. The maximum atomic E-state index is 4.41. The van der Waals surface area contributed by atoms with E-state index in [1.165, 1.54) is 20.7 Å². The van der Waals surface area contributed by atoms with Crippen molar-refractivity contribution in [3.63, 3.8) is 0 Å². The van der Waals surface area contributed by atoms with Crippen LogP contribution in [-0.4, -0.2) is 4.98 Å². The second-order valence-corrected chi connectivity index (χ2v) is 4.89. The third-order valence-electron chi connectivity index (χ3n) is 2.48. The van der Waals surface area contributed by atoms with Crippen molar-refractivity contribution in [2.24, 2.45) is 0 Å². The van der Waals surface area contributed by atoms with Crippen molar-refractivity contribution in [1.82, 2.24) is 4.98 Å². The molecule has 0 N–H and O–H groups in total. The van der Waals surface area contributed by atoms with Crippen LogP contribution in [0.25, 0.3) is 10.2 Å². The summed E-state index contributed by atoms with van der Waals surface area (Å²) in [6.07, 6.45) is 3.00. The number of pyridine rings is 1. The minimum Gasteiger partial charge on any atom is -0.245 e. The Hall–Kier alpha value is -0.890. The normalized spacial score (nSPS) is 11.4. The van der Waals surface area contributed by atoms with Crippen LogP contribution >= 0.6 is 11.3 Å². The van der Waals surface area contributed by atoms with Gasteiger partial charge >= 0.3 is 0 Å². The standard InChI is InChI=1S/C12H15NS/c1-4-10-11(8(2)3)9-6-5-7-13-12(9)14-10/h5-8H,4H2,1-3H3. The molecular formula is C12H15NS. The van der Waals surface area contributed by atoms with Crippen LogP contribution in [0.4, 0.5) is 0 Å². The van der Waals surface area contributed by atoms with Gasteiger partial charge < -0.3 is 0 Å². The first-order valence-electron chi connectivity index (χ1n) is 5.10. The molecule has 74 valence electrons. The molecule has 0 unspecified atom stereocenters. The van der Waals surface area contributed by atoms with Gasteiger partial charge in [0.1, 0.15) is 4.83 Å². The third-order valence-corrected chi connectivity index (χ3v) is 3.75. The Morgan fingerprint density at radius 2 is 2.21 bits per heavy atom. The molecule has 0 amide bonds. The smallest absolute Gasteiger partial charge is 0.123 e. The summed E-state index contributed by atoms with van der Waals surface area (Å²) < 4.78 is 0. The van der Waals surface area contributed by atoms with Gasteiger partial charge in [-0.15, -0.1) is 11.3 Å². The first kappa shape index (κ1) is 9.66. The highest BCUT2D eigenvalue weighted by atomic mass is 32.1. The van der Waals surface area contributed by atoms with Crippen LogP contribution in [0.2, 0.25) is 0 Å². The second-order valence-electron chi connectivity index (χ2n) is 3.80. The van der Waals surface area contributed by atoms with Crippen molar-refractivity contribution in [3.8, 4) is 0 Å². The number of nitrogens with zero attached hydrogens (tertiary/aromatic N) is 1. The Morgan fingerprint density at radius 1 is 1.43 bits per heavy atom. The number of rotatable bonds is 2. The number of fused-ring (bicyclic) bond motifs is 1. The zero-order valence-electron chi connectivity index (χ0n) is 8.87.